The van der Waals surface area contributed by atoms with Crippen LogP contribution in [0.3, 0.4) is 0 Å². The number of carbonyl (C=O) groups excluding carboxylic acids is 1. The lowest BCUT2D eigenvalue weighted by molar-refractivity contribution is 0.0784. The highest BCUT2D eigenvalue weighted by Crippen LogP contribution is 2.31. The maximum atomic E-state index is 13.8. The van der Waals surface area contributed by atoms with E-state index < -0.39 is 5.82 Å². The van der Waals surface area contributed by atoms with E-state index in [2.05, 4.69) is 0 Å². The highest BCUT2D eigenvalue weighted by molar-refractivity contribution is 5.94. The fourth-order valence-corrected chi connectivity index (χ4v) is 2.54. The Kier molecular flexibility index (Phi) is 5.85. The van der Waals surface area contributed by atoms with Gasteiger partial charge in [-0.3, -0.25) is 4.79 Å². The van der Waals surface area contributed by atoms with Crippen molar-refractivity contribution in [1.82, 2.24) is 4.90 Å². The van der Waals surface area contributed by atoms with Crippen molar-refractivity contribution < 1.29 is 23.4 Å². The molecule has 0 aromatic heterocycles. The fourth-order valence-electron chi connectivity index (χ4n) is 2.54. The Labute approximate surface area is 146 Å². The van der Waals surface area contributed by atoms with Crippen molar-refractivity contribution in [3.8, 4) is 17.2 Å². The average Bonchev–Trinajstić information content (AvgIpc) is 2.62. The van der Waals surface area contributed by atoms with Crippen molar-refractivity contribution in [2.45, 2.75) is 13.5 Å². The van der Waals surface area contributed by atoms with Gasteiger partial charge < -0.3 is 19.1 Å². The standard InChI is InChI=1S/C19H22FNO4/c1-12-8-17(24-4)18(25-5)10-14(12)11-21(2)19(22)13-6-7-16(23-3)15(20)9-13/h6-10H,11H2,1-5H3. The van der Waals surface area contributed by atoms with E-state index in [0.717, 1.165) is 11.1 Å². The fraction of sp³-hybridized carbons (Fsp3) is 0.316. The van der Waals surface area contributed by atoms with Crippen molar-refractivity contribution in [1.29, 1.82) is 0 Å². The minimum absolute atomic E-state index is 0.106. The average molecular weight is 347 g/mol. The van der Waals surface area contributed by atoms with E-state index in [4.69, 9.17) is 14.2 Å². The molecule has 2 aromatic rings. The number of halogens is 1. The number of rotatable bonds is 6. The van der Waals surface area contributed by atoms with Crippen LogP contribution in [0.1, 0.15) is 21.5 Å². The number of aryl methyl sites for hydroxylation is 1. The molecule has 0 radical (unpaired) electrons. The molecule has 1 amide bonds. The highest BCUT2D eigenvalue weighted by Gasteiger charge is 2.17. The summed E-state index contributed by atoms with van der Waals surface area (Å²) in [7, 11) is 6.18. The molecule has 0 fully saturated rings. The van der Waals surface area contributed by atoms with Crippen molar-refractivity contribution in [3.63, 3.8) is 0 Å². The Balaban J connectivity index is 2.23. The number of carbonyl (C=O) groups is 1. The summed E-state index contributed by atoms with van der Waals surface area (Å²) in [5, 5.41) is 0. The minimum Gasteiger partial charge on any atom is -0.494 e. The SMILES string of the molecule is COc1ccc(C(=O)N(C)Cc2cc(OC)c(OC)cc2C)cc1F. The van der Waals surface area contributed by atoms with Gasteiger partial charge in [0.15, 0.2) is 23.1 Å². The maximum Gasteiger partial charge on any atom is 0.254 e. The van der Waals surface area contributed by atoms with Crippen LogP contribution in [0.5, 0.6) is 17.2 Å². The van der Waals surface area contributed by atoms with E-state index in [1.807, 2.05) is 19.1 Å². The van der Waals surface area contributed by atoms with Crippen molar-refractivity contribution >= 4 is 5.91 Å². The van der Waals surface area contributed by atoms with E-state index in [1.165, 1.54) is 24.1 Å². The van der Waals surface area contributed by atoms with Gasteiger partial charge in [0.05, 0.1) is 21.3 Å². The summed E-state index contributed by atoms with van der Waals surface area (Å²) in [6, 6.07) is 7.87. The van der Waals surface area contributed by atoms with Crippen LogP contribution in [-0.4, -0.2) is 39.2 Å². The molecule has 0 atom stereocenters. The third kappa shape index (κ3) is 4.02. The number of hydrogen-bond donors (Lipinski definition) is 0. The molecule has 134 valence electrons. The summed E-state index contributed by atoms with van der Waals surface area (Å²) >= 11 is 0. The van der Waals surface area contributed by atoms with Gasteiger partial charge in [0, 0.05) is 19.2 Å². The molecule has 0 heterocycles. The molecule has 0 aliphatic rings. The van der Waals surface area contributed by atoms with Gasteiger partial charge in [0.2, 0.25) is 0 Å². The van der Waals surface area contributed by atoms with Crippen molar-refractivity contribution in [2.75, 3.05) is 28.4 Å². The van der Waals surface area contributed by atoms with Gasteiger partial charge in [-0.15, -0.1) is 0 Å². The van der Waals surface area contributed by atoms with Gasteiger partial charge in [0.1, 0.15) is 0 Å². The summed E-state index contributed by atoms with van der Waals surface area (Å²) in [5.41, 5.74) is 2.15. The van der Waals surface area contributed by atoms with Crippen molar-refractivity contribution in [2.24, 2.45) is 0 Å². The Bertz CT molecular complexity index is 776. The first-order chi connectivity index (χ1) is 11.9. The number of methoxy groups -OCH3 is 3. The van der Waals surface area contributed by atoms with Gasteiger partial charge >= 0.3 is 0 Å². The van der Waals surface area contributed by atoms with Crippen molar-refractivity contribution in [3.05, 3.63) is 52.8 Å². The number of nitrogens with zero attached hydrogens (tertiary/aromatic N) is 1. The predicted octanol–water partition coefficient (Wildman–Crippen LogP) is 3.43. The minimum atomic E-state index is -0.566. The summed E-state index contributed by atoms with van der Waals surface area (Å²) < 4.78 is 29.3. The first-order valence-electron chi connectivity index (χ1n) is 7.71. The molecule has 0 N–H and O–H groups in total. The molecule has 5 nitrogen and oxygen atoms in total. The molecule has 25 heavy (non-hydrogen) atoms. The van der Waals surface area contributed by atoms with Crippen LogP contribution in [0.25, 0.3) is 0 Å². The smallest absolute Gasteiger partial charge is 0.254 e. The third-order valence-corrected chi connectivity index (χ3v) is 4.00. The van der Waals surface area contributed by atoms with Crippen LogP contribution in [0.15, 0.2) is 30.3 Å². The molecule has 0 saturated carbocycles. The van der Waals surface area contributed by atoms with Crippen LogP contribution < -0.4 is 14.2 Å². The second-order valence-corrected chi connectivity index (χ2v) is 5.64. The quantitative estimate of drug-likeness (QED) is 0.803. The Morgan fingerprint density at radius 2 is 1.60 bits per heavy atom. The molecule has 0 saturated heterocycles. The molecule has 0 unspecified atom stereocenters. The zero-order valence-corrected chi connectivity index (χ0v) is 15.1. The molecular formula is C19H22FNO4. The number of benzene rings is 2. The van der Waals surface area contributed by atoms with Crippen LogP contribution in [0.4, 0.5) is 4.39 Å². The van der Waals surface area contributed by atoms with Crippen LogP contribution >= 0.6 is 0 Å². The van der Waals surface area contributed by atoms with Crippen LogP contribution in [-0.2, 0) is 6.54 Å². The summed E-state index contributed by atoms with van der Waals surface area (Å²) in [6.07, 6.45) is 0. The molecule has 2 rings (SSSR count). The molecule has 0 aliphatic heterocycles. The van der Waals surface area contributed by atoms with E-state index >= 15 is 0 Å². The summed E-state index contributed by atoms with van der Waals surface area (Å²) in [5.74, 6) is 0.490. The number of hydrogen-bond acceptors (Lipinski definition) is 4. The van der Waals surface area contributed by atoms with Gasteiger partial charge in [-0.2, -0.15) is 0 Å². The lowest BCUT2D eigenvalue weighted by atomic mass is 10.1. The molecule has 6 heteroatoms. The molecule has 0 bridgehead atoms. The molecule has 2 aromatic carbocycles. The zero-order valence-electron chi connectivity index (χ0n) is 15.1. The summed E-state index contributed by atoms with van der Waals surface area (Å²) in [6.45, 7) is 2.29. The monoisotopic (exact) mass is 347 g/mol. The Morgan fingerprint density at radius 1 is 1.00 bits per heavy atom. The van der Waals surface area contributed by atoms with Gasteiger partial charge in [-0.25, -0.2) is 4.39 Å². The Morgan fingerprint density at radius 3 is 2.16 bits per heavy atom. The van der Waals surface area contributed by atoms with E-state index in [9.17, 15) is 9.18 Å². The lowest BCUT2D eigenvalue weighted by Gasteiger charge is -2.20. The van der Waals surface area contributed by atoms with Crippen LogP contribution in [0, 0.1) is 12.7 Å². The molecular weight excluding hydrogens is 325 g/mol. The normalized spacial score (nSPS) is 10.3. The largest absolute Gasteiger partial charge is 0.494 e. The van der Waals surface area contributed by atoms with E-state index in [1.54, 1.807) is 27.3 Å². The second kappa shape index (κ2) is 7.88. The maximum absolute atomic E-state index is 13.8. The van der Waals surface area contributed by atoms with E-state index in [-0.39, 0.29) is 17.2 Å². The van der Waals surface area contributed by atoms with Gasteiger partial charge in [-0.1, -0.05) is 0 Å². The topological polar surface area (TPSA) is 48.0 Å². The van der Waals surface area contributed by atoms with Crippen LogP contribution in [0.2, 0.25) is 0 Å². The second-order valence-electron chi connectivity index (χ2n) is 5.64. The lowest BCUT2D eigenvalue weighted by Crippen LogP contribution is -2.26. The first-order valence-corrected chi connectivity index (χ1v) is 7.71. The Hall–Kier alpha value is -2.76. The number of amides is 1. The van der Waals surface area contributed by atoms with E-state index in [0.29, 0.717) is 18.0 Å². The molecule has 0 spiro atoms. The first kappa shape index (κ1) is 18.6. The van der Waals surface area contributed by atoms with Gasteiger partial charge in [0.25, 0.3) is 5.91 Å². The van der Waals surface area contributed by atoms with Gasteiger partial charge in [-0.05, 0) is 48.4 Å². The zero-order chi connectivity index (χ0) is 18.6. The summed E-state index contributed by atoms with van der Waals surface area (Å²) in [4.78, 5) is 14.1. The molecule has 0 aliphatic carbocycles. The highest BCUT2D eigenvalue weighted by atomic mass is 19.1. The third-order valence-electron chi connectivity index (χ3n) is 4.00. The predicted molar refractivity (Wildman–Crippen MR) is 93.0 cm³/mol. The number of ether oxygens (including phenoxy) is 3.